The molecule has 4 nitrogen and oxygen atoms in total. The number of hydrogen-bond donors (Lipinski definition) is 0. The maximum Gasteiger partial charge on any atom is 0.224 e. The normalized spacial score (nSPS) is 18.0. The highest BCUT2D eigenvalue weighted by atomic mass is 35.5. The Morgan fingerprint density at radius 2 is 1.83 bits per heavy atom. The van der Waals surface area contributed by atoms with E-state index in [1.807, 2.05) is 51.9 Å². The Morgan fingerprint density at radius 1 is 1.09 bits per heavy atom. The molecule has 1 aliphatic rings. The third-order valence-corrected chi connectivity index (χ3v) is 4.69. The second-order valence-corrected chi connectivity index (χ2v) is 6.20. The number of carbonyl (C=O) groups excluding carboxylic acids is 1. The van der Waals surface area contributed by atoms with Gasteiger partial charge in [-0.05, 0) is 29.3 Å². The number of imidazole rings is 1. The van der Waals surface area contributed by atoms with Gasteiger partial charge in [0.25, 0.3) is 0 Å². The summed E-state index contributed by atoms with van der Waals surface area (Å²) in [5, 5.41) is 0.419. The molecule has 0 bridgehead atoms. The van der Waals surface area contributed by atoms with Crippen LogP contribution < -0.4 is 0 Å². The Labute approximate surface area is 139 Å². The summed E-state index contributed by atoms with van der Waals surface area (Å²) in [6.07, 6.45) is 0.550. The van der Waals surface area contributed by atoms with Gasteiger partial charge in [-0.25, -0.2) is 4.98 Å². The summed E-state index contributed by atoms with van der Waals surface area (Å²) in [4.78, 5) is 18.6. The Hall–Kier alpha value is -2.33. The molecule has 0 radical (unpaired) electrons. The van der Waals surface area contributed by atoms with Crippen molar-refractivity contribution in [2.24, 2.45) is 0 Å². The average Bonchev–Trinajstić information content (AvgIpc) is 3.10. The van der Waals surface area contributed by atoms with Gasteiger partial charge >= 0.3 is 0 Å². The number of likely N-dealkylation sites (tertiary alicyclic amines) is 1. The van der Waals surface area contributed by atoms with Crippen molar-refractivity contribution in [3.8, 4) is 0 Å². The summed E-state index contributed by atoms with van der Waals surface area (Å²) in [5.74, 6) is 0.407. The van der Waals surface area contributed by atoms with Gasteiger partial charge in [-0.15, -0.1) is 0 Å². The summed E-state index contributed by atoms with van der Waals surface area (Å²) in [6, 6.07) is 18.0. The zero-order chi connectivity index (χ0) is 15.8. The van der Waals surface area contributed by atoms with E-state index in [9.17, 15) is 4.79 Å². The maximum atomic E-state index is 12.4. The lowest BCUT2D eigenvalue weighted by atomic mass is 9.99. The molecule has 23 heavy (non-hydrogen) atoms. The SMILES string of the molecule is O=C1CC(c2ccccc2)CN1Cn1c(Cl)nc2ccccc21. The van der Waals surface area contributed by atoms with E-state index in [0.29, 0.717) is 24.9 Å². The Kier molecular flexibility index (Phi) is 3.54. The average molecular weight is 326 g/mol. The fraction of sp³-hybridized carbons (Fsp3) is 0.222. The van der Waals surface area contributed by atoms with Crippen LogP contribution in [0.25, 0.3) is 11.0 Å². The third-order valence-electron chi connectivity index (χ3n) is 4.41. The first-order chi connectivity index (χ1) is 11.2. The lowest BCUT2D eigenvalue weighted by molar-refractivity contribution is -0.129. The number of para-hydroxylation sites is 2. The van der Waals surface area contributed by atoms with Crippen LogP contribution in [0.15, 0.2) is 54.6 Å². The summed E-state index contributed by atoms with van der Waals surface area (Å²) in [6.45, 7) is 1.16. The van der Waals surface area contributed by atoms with Crippen molar-refractivity contribution in [2.75, 3.05) is 6.54 Å². The smallest absolute Gasteiger partial charge is 0.224 e. The highest BCUT2D eigenvalue weighted by molar-refractivity contribution is 6.29. The second-order valence-electron chi connectivity index (χ2n) is 5.87. The van der Waals surface area contributed by atoms with Gasteiger partial charge < -0.3 is 4.90 Å². The first kappa shape index (κ1) is 14.3. The molecule has 2 heterocycles. The molecule has 1 fully saturated rings. The maximum absolute atomic E-state index is 12.4. The number of fused-ring (bicyclic) bond motifs is 1. The summed E-state index contributed by atoms with van der Waals surface area (Å²) >= 11 is 6.26. The van der Waals surface area contributed by atoms with Crippen LogP contribution in [-0.4, -0.2) is 26.9 Å². The largest absolute Gasteiger partial charge is 0.324 e. The Balaban J connectivity index is 1.59. The van der Waals surface area contributed by atoms with Crippen molar-refractivity contribution in [3.63, 3.8) is 0 Å². The first-order valence-electron chi connectivity index (χ1n) is 7.66. The van der Waals surface area contributed by atoms with Crippen molar-refractivity contribution in [3.05, 3.63) is 65.4 Å². The zero-order valence-electron chi connectivity index (χ0n) is 12.5. The topological polar surface area (TPSA) is 38.1 Å². The molecule has 5 heteroatoms. The van der Waals surface area contributed by atoms with Crippen molar-refractivity contribution < 1.29 is 4.79 Å². The van der Waals surface area contributed by atoms with Gasteiger partial charge in [-0.2, -0.15) is 0 Å². The molecule has 1 aliphatic heterocycles. The van der Waals surface area contributed by atoms with E-state index >= 15 is 0 Å². The molecular weight excluding hydrogens is 310 g/mol. The van der Waals surface area contributed by atoms with E-state index in [0.717, 1.165) is 11.0 Å². The molecular formula is C18H16ClN3O. The standard InChI is InChI=1S/C18H16ClN3O/c19-18-20-15-8-4-5-9-16(15)22(18)12-21-11-14(10-17(21)23)13-6-2-1-3-7-13/h1-9,14H,10-12H2. The fourth-order valence-corrected chi connectivity index (χ4v) is 3.44. The van der Waals surface area contributed by atoms with E-state index in [2.05, 4.69) is 17.1 Å². The highest BCUT2D eigenvalue weighted by Crippen LogP contribution is 2.29. The highest BCUT2D eigenvalue weighted by Gasteiger charge is 2.31. The molecule has 1 amide bonds. The fourth-order valence-electron chi connectivity index (χ4n) is 3.21. The van der Waals surface area contributed by atoms with Crippen molar-refractivity contribution in [1.29, 1.82) is 0 Å². The molecule has 116 valence electrons. The predicted octanol–water partition coefficient (Wildman–Crippen LogP) is 3.66. The van der Waals surface area contributed by atoms with Gasteiger partial charge in [0.1, 0.15) is 6.67 Å². The van der Waals surface area contributed by atoms with Crippen LogP contribution in [-0.2, 0) is 11.5 Å². The Morgan fingerprint density at radius 3 is 2.65 bits per heavy atom. The van der Waals surface area contributed by atoms with Gasteiger partial charge in [-0.1, -0.05) is 42.5 Å². The molecule has 0 aliphatic carbocycles. The molecule has 1 saturated heterocycles. The van der Waals surface area contributed by atoms with E-state index in [4.69, 9.17) is 11.6 Å². The van der Waals surface area contributed by atoms with E-state index in [1.54, 1.807) is 0 Å². The zero-order valence-corrected chi connectivity index (χ0v) is 13.3. The van der Waals surface area contributed by atoms with Gasteiger partial charge in [0.05, 0.1) is 11.0 Å². The van der Waals surface area contributed by atoms with Crippen LogP contribution in [0.1, 0.15) is 17.9 Å². The molecule has 4 rings (SSSR count). The molecule has 2 aromatic carbocycles. The number of rotatable bonds is 3. The van der Waals surface area contributed by atoms with Gasteiger partial charge in [0.15, 0.2) is 0 Å². The number of aromatic nitrogens is 2. The van der Waals surface area contributed by atoms with Crippen LogP contribution in [0.5, 0.6) is 0 Å². The summed E-state index contributed by atoms with van der Waals surface area (Å²) < 4.78 is 1.89. The minimum Gasteiger partial charge on any atom is -0.324 e. The summed E-state index contributed by atoms with van der Waals surface area (Å²) in [7, 11) is 0. The van der Waals surface area contributed by atoms with Crippen LogP contribution in [0.4, 0.5) is 0 Å². The van der Waals surface area contributed by atoms with Gasteiger partial charge in [0.2, 0.25) is 11.2 Å². The van der Waals surface area contributed by atoms with Crippen LogP contribution >= 0.6 is 11.6 Å². The molecule has 1 aromatic heterocycles. The lowest BCUT2D eigenvalue weighted by Crippen LogP contribution is -2.27. The Bertz CT molecular complexity index is 859. The number of nitrogens with zero attached hydrogens (tertiary/aromatic N) is 3. The van der Waals surface area contributed by atoms with E-state index in [-0.39, 0.29) is 11.8 Å². The van der Waals surface area contributed by atoms with Crippen LogP contribution in [0.2, 0.25) is 5.28 Å². The van der Waals surface area contributed by atoms with Crippen molar-refractivity contribution in [2.45, 2.75) is 19.0 Å². The van der Waals surface area contributed by atoms with E-state index in [1.165, 1.54) is 5.56 Å². The quantitative estimate of drug-likeness (QED) is 0.737. The lowest BCUT2D eigenvalue weighted by Gasteiger charge is -2.18. The van der Waals surface area contributed by atoms with Crippen molar-refractivity contribution >= 4 is 28.5 Å². The molecule has 0 saturated carbocycles. The molecule has 1 unspecified atom stereocenters. The second kappa shape index (κ2) is 5.70. The molecule has 3 aromatic rings. The molecule has 0 N–H and O–H groups in total. The molecule has 1 atom stereocenters. The van der Waals surface area contributed by atoms with E-state index < -0.39 is 0 Å². The number of hydrogen-bond acceptors (Lipinski definition) is 2. The predicted molar refractivity (Wildman–Crippen MR) is 90.3 cm³/mol. The minimum atomic E-state index is 0.160. The summed E-state index contributed by atoms with van der Waals surface area (Å²) in [5.41, 5.74) is 3.02. The minimum absolute atomic E-state index is 0.160. The van der Waals surface area contributed by atoms with Crippen LogP contribution in [0, 0.1) is 0 Å². The number of amides is 1. The first-order valence-corrected chi connectivity index (χ1v) is 8.03. The number of benzene rings is 2. The van der Waals surface area contributed by atoms with Crippen LogP contribution in [0.3, 0.4) is 0 Å². The monoisotopic (exact) mass is 325 g/mol. The number of carbonyl (C=O) groups is 1. The third kappa shape index (κ3) is 2.59. The molecule has 0 spiro atoms. The number of halogens is 1. The van der Waals surface area contributed by atoms with Gasteiger partial charge in [0, 0.05) is 18.9 Å². The van der Waals surface area contributed by atoms with Gasteiger partial charge in [-0.3, -0.25) is 9.36 Å². The van der Waals surface area contributed by atoms with Crippen molar-refractivity contribution in [1.82, 2.24) is 14.5 Å².